The van der Waals surface area contributed by atoms with Gasteiger partial charge in [0.1, 0.15) is 0 Å². The molecule has 0 fully saturated rings. The molecule has 8 nitrogen and oxygen atoms in total. The number of hydrogen-bond donors (Lipinski definition) is 2. The summed E-state index contributed by atoms with van der Waals surface area (Å²) in [5.74, 6) is 0.284. The van der Waals surface area contributed by atoms with Gasteiger partial charge < -0.3 is 24.8 Å². The van der Waals surface area contributed by atoms with Gasteiger partial charge in [-0.15, -0.1) is 11.3 Å². The first-order valence-electron chi connectivity index (χ1n) is 13.3. The Hall–Kier alpha value is -4.37. The Morgan fingerprint density at radius 1 is 0.950 bits per heavy atom. The average molecular weight is 558 g/mol. The predicted molar refractivity (Wildman–Crippen MR) is 155 cm³/mol. The highest BCUT2D eigenvalue weighted by atomic mass is 32.1. The number of aromatic nitrogens is 1. The Balaban J connectivity index is 1.32. The predicted octanol–water partition coefficient (Wildman–Crippen LogP) is 5.43. The monoisotopic (exact) mass is 557 g/mol. The third-order valence-electron chi connectivity index (χ3n) is 6.53. The summed E-state index contributed by atoms with van der Waals surface area (Å²) in [6, 6.07) is 23.7. The zero-order valence-corrected chi connectivity index (χ0v) is 22.9. The van der Waals surface area contributed by atoms with Crippen LogP contribution in [-0.2, 0) is 17.8 Å². The number of carbonyl (C=O) groups is 2. The standard InChI is InChI=1S/C31H31N3O5S/c35-29(36)13-15-32-30(37)24-9-7-23(8-10-24)20-34(16-14-22-5-2-1-3-6-22)31-33-26(21-40-31)25-11-12-27-28(19-25)39-18-4-17-38-27/h1-3,5-12,19,21H,4,13-18,20H2,(H,32,37)(H,35,36). The maximum Gasteiger partial charge on any atom is 0.305 e. The number of nitrogens with one attached hydrogen (secondary N) is 1. The second kappa shape index (κ2) is 13.1. The molecule has 0 unspecified atom stereocenters. The van der Waals surface area contributed by atoms with E-state index in [0.29, 0.717) is 25.3 Å². The van der Waals surface area contributed by atoms with Crippen molar-refractivity contribution in [2.75, 3.05) is 31.2 Å². The molecule has 0 aliphatic carbocycles. The number of fused-ring (bicyclic) bond motifs is 1. The number of aliphatic carboxylic acids is 1. The molecule has 0 bridgehead atoms. The fourth-order valence-electron chi connectivity index (χ4n) is 4.38. The van der Waals surface area contributed by atoms with Crippen LogP contribution < -0.4 is 19.7 Å². The molecule has 40 heavy (non-hydrogen) atoms. The lowest BCUT2D eigenvalue weighted by atomic mass is 10.1. The summed E-state index contributed by atoms with van der Waals surface area (Å²) in [6.07, 6.45) is 1.61. The Kier molecular flexibility index (Phi) is 8.93. The molecule has 1 aliphatic heterocycles. The maximum atomic E-state index is 12.3. The van der Waals surface area contributed by atoms with Crippen molar-refractivity contribution in [2.24, 2.45) is 0 Å². The number of rotatable bonds is 11. The summed E-state index contributed by atoms with van der Waals surface area (Å²) in [7, 11) is 0. The summed E-state index contributed by atoms with van der Waals surface area (Å²) >= 11 is 1.60. The highest BCUT2D eigenvalue weighted by Gasteiger charge is 2.17. The van der Waals surface area contributed by atoms with E-state index in [9.17, 15) is 9.59 Å². The molecule has 5 rings (SSSR count). The van der Waals surface area contributed by atoms with Gasteiger partial charge >= 0.3 is 5.97 Å². The first-order valence-corrected chi connectivity index (χ1v) is 14.2. The minimum atomic E-state index is -0.944. The molecule has 1 aliphatic rings. The van der Waals surface area contributed by atoms with Gasteiger partial charge in [-0.05, 0) is 47.9 Å². The van der Waals surface area contributed by atoms with E-state index in [-0.39, 0.29) is 18.9 Å². The quantitative estimate of drug-likeness (QED) is 0.254. The van der Waals surface area contributed by atoms with Gasteiger partial charge in [0, 0.05) is 42.6 Å². The molecule has 0 atom stereocenters. The van der Waals surface area contributed by atoms with Crippen molar-refractivity contribution in [1.29, 1.82) is 0 Å². The molecule has 206 valence electrons. The molecule has 0 saturated heterocycles. The number of carbonyl (C=O) groups excluding carboxylic acids is 1. The van der Waals surface area contributed by atoms with Gasteiger partial charge in [0.15, 0.2) is 16.6 Å². The third kappa shape index (κ3) is 7.18. The highest BCUT2D eigenvalue weighted by molar-refractivity contribution is 7.14. The van der Waals surface area contributed by atoms with Crippen LogP contribution in [0.5, 0.6) is 11.5 Å². The van der Waals surface area contributed by atoms with Crippen LogP contribution in [0, 0.1) is 0 Å². The first-order chi connectivity index (χ1) is 19.5. The number of benzene rings is 3. The van der Waals surface area contributed by atoms with E-state index in [4.69, 9.17) is 19.6 Å². The van der Waals surface area contributed by atoms with E-state index >= 15 is 0 Å². The van der Waals surface area contributed by atoms with Crippen LogP contribution >= 0.6 is 11.3 Å². The zero-order chi connectivity index (χ0) is 27.7. The summed E-state index contributed by atoms with van der Waals surface area (Å²) in [6.45, 7) is 2.78. The fourth-order valence-corrected chi connectivity index (χ4v) is 5.24. The van der Waals surface area contributed by atoms with Crippen LogP contribution in [0.1, 0.15) is 34.3 Å². The number of thiazole rings is 1. The number of carboxylic acids is 1. The van der Waals surface area contributed by atoms with Crippen LogP contribution in [0.4, 0.5) is 5.13 Å². The molecule has 0 saturated carbocycles. The number of nitrogens with zero attached hydrogens (tertiary/aromatic N) is 2. The SMILES string of the molecule is O=C(O)CCNC(=O)c1ccc(CN(CCc2ccccc2)c2nc(-c3ccc4c(c3)OCCCO4)cs2)cc1. The van der Waals surface area contributed by atoms with Crippen molar-refractivity contribution in [1.82, 2.24) is 10.3 Å². The molecule has 9 heteroatoms. The fraction of sp³-hybridized carbons (Fsp3) is 0.258. The van der Waals surface area contributed by atoms with Crippen molar-refractivity contribution in [3.63, 3.8) is 0 Å². The van der Waals surface area contributed by atoms with Crippen LogP contribution in [0.15, 0.2) is 78.2 Å². The normalized spacial score (nSPS) is 12.4. The smallest absolute Gasteiger partial charge is 0.305 e. The molecule has 0 radical (unpaired) electrons. The summed E-state index contributed by atoms with van der Waals surface area (Å²) < 4.78 is 11.7. The van der Waals surface area contributed by atoms with Gasteiger partial charge in [-0.25, -0.2) is 4.98 Å². The number of carboxylic acid groups (broad SMARTS) is 1. The van der Waals surface area contributed by atoms with Gasteiger partial charge in [-0.3, -0.25) is 9.59 Å². The van der Waals surface area contributed by atoms with Crippen LogP contribution in [0.3, 0.4) is 0 Å². The average Bonchev–Trinajstić information content (AvgIpc) is 3.34. The van der Waals surface area contributed by atoms with E-state index in [2.05, 4.69) is 27.7 Å². The molecule has 2 N–H and O–H groups in total. The van der Waals surface area contributed by atoms with Gasteiger partial charge in [-0.2, -0.15) is 0 Å². The Morgan fingerprint density at radius 3 is 2.50 bits per heavy atom. The minimum Gasteiger partial charge on any atom is -0.490 e. The van der Waals surface area contributed by atoms with E-state index in [0.717, 1.165) is 52.8 Å². The lowest BCUT2D eigenvalue weighted by molar-refractivity contribution is -0.136. The summed E-state index contributed by atoms with van der Waals surface area (Å²) in [5, 5.41) is 14.4. The lowest BCUT2D eigenvalue weighted by Crippen LogP contribution is -2.26. The Labute approximate surface area is 237 Å². The van der Waals surface area contributed by atoms with Crippen molar-refractivity contribution in [3.8, 4) is 22.8 Å². The molecule has 1 aromatic heterocycles. The molecular weight excluding hydrogens is 526 g/mol. The topological polar surface area (TPSA) is 101 Å². The molecule has 1 amide bonds. The van der Waals surface area contributed by atoms with E-state index in [1.807, 2.05) is 48.5 Å². The third-order valence-corrected chi connectivity index (χ3v) is 7.43. The first kappa shape index (κ1) is 27.2. The molecule has 2 heterocycles. The molecule has 3 aromatic carbocycles. The molecular formula is C31H31N3O5S. The Bertz CT molecular complexity index is 1440. The van der Waals surface area contributed by atoms with E-state index < -0.39 is 5.97 Å². The minimum absolute atomic E-state index is 0.0962. The van der Waals surface area contributed by atoms with Gasteiger partial charge in [0.05, 0.1) is 25.3 Å². The van der Waals surface area contributed by atoms with Gasteiger partial charge in [-0.1, -0.05) is 42.5 Å². The number of amides is 1. The van der Waals surface area contributed by atoms with Crippen LogP contribution in [0.25, 0.3) is 11.3 Å². The molecule has 4 aromatic rings. The van der Waals surface area contributed by atoms with Gasteiger partial charge in [0.25, 0.3) is 5.91 Å². The van der Waals surface area contributed by atoms with Crippen molar-refractivity contribution < 1.29 is 24.2 Å². The van der Waals surface area contributed by atoms with E-state index in [1.165, 1.54) is 5.56 Å². The van der Waals surface area contributed by atoms with Gasteiger partial charge in [0.2, 0.25) is 0 Å². The van der Waals surface area contributed by atoms with Crippen molar-refractivity contribution >= 4 is 28.3 Å². The summed E-state index contributed by atoms with van der Waals surface area (Å²) in [4.78, 5) is 30.3. The Morgan fingerprint density at radius 2 is 1.73 bits per heavy atom. The maximum absolute atomic E-state index is 12.3. The molecule has 0 spiro atoms. The number of anilines is 1. The second-order valence-corrected chi connectivity index (χ2v) is 10.3. The van der Waals surface area contributed by atoms with Crippen LogP contribution in [0.2, 0.25) is 0 Å². The largest absolute Gasteiger partial charge is 0.490 e. The zero-order valence-electron chi connectivity index (χ0n) is 22.0. The number of hydrogen-bond acceptors (Lipinski definition) is 7. The lowest BCUT2D eigenvalue weighted by Gasteiger charge is -2.22. The van der Waals surface area contributed by atoms with Crippen molar-refractivity contribution in [2.45, 2.75) is 25.8 Å². The highest BCUT2D eigenvalue weighted by Crippen LogP contribution is 2.36. The summed E-state index contributed by atoms with van der Waals surface area (Å²) in [5.41, 5.74) is 4.65. The van der Waals surface area contributed by atoms with E-state index in [1.54, 1.807) is 23.5 Å². The van der Waals surface area contributed by atoms with Crippen molar-refractivity contribution in [3.05, 3.63) is 94.9 Å². The number of ether oxygens (including phenoxy) is 2. The second-order valence-electron chi connectivity index (χ2n) is 9.48. The van der Waals surface area contributed by atoms with Crippen LogP contribution in [-0.4, -0.2) is 48.3 Å².